The molecule has 0 N–H and O–H groups in total. The van der Waals surface area contributed by atoms with Crippen molar-refractivity contribution in [3.05, 3.63) is 16.6 Å². The minimum atomic E-state index is 0.348. The van der Waals surface area contributed by atoms with E-state index in [-0.39, 0.29) is 0 Å². The van der Waals surface area contributed by atoms with E-state index < -0.39 is 0 Å². The first-order valence-corrected chi connectivity index (χ1v) is 7.39. The fourth-order valence-corrected chi connectivity index (χ4v) is 4.10. The average molecular weight is 267 g/mol. The van der Waals surface area contributed by atoms with Gasteiger partial charge in [-0.2, -0.15) is 0 Å². The van der Waals surface area contributed by atoms with Crippen LogP contribution >= 0.6 is 11.3 Å². The first kappa shape index (κ1) is 12.5. The first-order chi connectivity index (χ1) is 8.68. The second-order valence-corrected chi connectivity index (χ2v) is 6.89. The lowest BCUT2D eigenvalue weighted by atomic mass is 9.81. The molecule has 100 valence electrons. The van der Waals surface area contributed by atoms with Crippen molar-refractivity contribution in [2.24, 2.45) is 11.3 Å². The maximum absolute atomic E-state index is 5.73. The van der Waals surface area contributed by atoms with Crippen LogP contribution in [0.25, 0.3) is 0 Å². The summed E-state index contributed by atoms with van der Waals surface area (Å²) in [7, 11) is 4.32. The highest BCUT2D eigenvalue weighted by Crippen LogP contribution is 2.42. The van der Waals surface area contributed by atoms with Crippen LogP contribution < -0.4 is 0 Å². The molecular formula is C13H21N3OS. The molecule has 2 aliphatic heterocycles. The van der Waals surface area contributed by atoms with Crippen molar-refractivity contribution in [1.29, 1.82) is 0 Å². The Kier molecular flexibility index (Phi) is 3.40. The maximum atomic E-state index is 5.73. The van der Waals surface area contributed by atoms with Gasteiger partial charge in [-0.3, -0.25) is 4.90 Å². The van der Waals surface area contributed by atoms with Crippen molar-refractivity contribution < 1.29 is 4.74 Å². The van der Waals surface area contributed by atoms with Crippen LogP contribution in [0, 0.1) is 11.3 Å². The van der Waals surface area contributed by atoms with E-state index >= 15 is 0 Å². The van der Waals surface area contributed by atoms with Crippen LogP contribution in [0.1, 0.15) is 5.01 Å². The van der Waals surface area contributed by atoms with Gasteiger partial charge in [0.2, 0.25) is 0 Å². The molecule has 0 saturated carbocycles. The Hall–Kier alpha value is -0.490. The number of rotatable bonds is 4. The van der Waals surface area contributed by atoms with E-state index in [1.54, 1.807) is 11.3 Å². The van der Waals surface area contributed by atoms with Crippen LogP contribution in [-0.4, -0.2) is 61.7 Å². The predicted octanol–water partition coefficient (Wildman–Crippen LogP) is 1.15. The third kappa shape index (κ3) is 2.32. The molecule has 18 heavy (non-hydrogen) atoms. The van der Waals surface area contributed by atoms with Gasteiger partial charge in [-0.1, -0.05) is 0 Å². The molecule has 2 saturated heterocycles. The van der Waals surface area contributed by atoms with Crippen LogP contribution in [-0.2, 0) is 11.3 Å². The number of hydrogen-bond acceptors (Lipinski definition) is 5. The van der Waals surface area contributed by atoms with E-state index in [0.717, 1.165) is 39.4 Å². The van der Waals surface area contributed by atoms with Crippen LogP contribution in [0.4, 0.5) is 0 Å². The zero-order chi connectivity index (χ0) is 12.6. The number of ether oxygens (including phenoxy) is 1. The largest absolute Gasteiger partial charge is 0.380 e. The van der Waals surface area contributed by atoms with Gasteiger partial charge in [0.1, 0.15) is 5.01 Å². The highest BCUT2D eigenvalue weighted by atomic mass is 32.1. The SMILES string of the molecule is CN(C)C[C@@]12COC[C@@H]1CN(Cc1nccs1)C2. The van der Waals surface area contributed by atoms with Gasteiger partial charge in [-0.05, 0) is 14.1 Å². The highest BCUT2D eigenvalue weighted by molar-refractivity contribution is 7.09. The average Bonchev–Trinajstić information content (AvgIpc) is 2.93. The molecule has 1 aromatic heterocycles. The van der Waals surface area contributed by atoms with E-state index in [1.807, 2.05) is 6.20 Å². The molecule has 1 aromatic rings. The monoisotopic (exact) mass is 267 g/mol. The van der Waals surface area contributed by atoms with E-state index in [9.17, 15) is 0 Å². The fraction of sp³-hybridized carbons (Fsp3) is 0.769. The Labute approximate surface area is 113 Å². The minimum absolute atomic E-state index is 0.348. The summed E-state index contributed by atoms with van der Waals surface area (Å²) >= 11 is 1.76. The lowest BCUT2D eigenvalue weighted by Crippen LogP contribution is -2.40. The number of fused-ring (bicyclic) bond motifs is 1. The molecule has 2 atom stereocenters. The molecule has 0 aromatic carbocycles. The van der Waals surface area contributed by atoms with Gasteiger partial charge in [0, 0.05) is 42.5 Å². The summed E-state index contributed by atoms with van der Waals surface area (Å²) in [4.78, 5) is 9.24. The van der Waals surface area contributed by atoms with Crippen LogP contribution in [0.3, 0.4) is 0 Å². The Morgan fingerprint density at radius 3 is 3.22 bits per heavy atom. The van der Waals surface area contributed by atoms with E-state index in [1.165, 1.54) is 5.01 Å². The highest BCUT2D eigenvalue weighted by Gasteiger charge is 2.50. The van der Waals surface area contributed by atoms with Crippen molar-refractivity contribution in [3.63, 3.8) is 0 Å². The molecule has 0 bridgehead atoms. The molecule has 2 fully saturated rings. The Bertz CT molecular complexity index is 395. The second-order valence-electron chi connectivity index (χ2n) is 5.91. The van der Waals surface area contributed by atoms with Gasteiger partial charge < -0.3 is 9.64 Å². The second kappa shape index (κ2) is 4.89. The standard InChI is InChI=1S/C13H21N3OS/c1-15(2)8-13-9-16(5-11(13)7-17-10-13)6-12-14-3-4-18-12/h3-4,11H,5-10H2,1-2H3/t11-,13+/m0/s1. The van der Waals surface area contributed by atoms with Crippen molar-refractivity contribution in [2.45, 2.75) is 6.54 Å². The summed E-state index contributed by atoms with van der Waals surface area (Å²) in [5.41, 5.74) is 0.348. The Balaban J connectivity index is 1.68. The third-order valence-corrected chi connectivity index (χ3v) is 4.83. The van der Waals surface area contributed by atoms with Crippen molar-refractivity contribution in [2.75, 3.05) is 46.9 Å². The van der Waals surface area contributed by atoms with E-state index in [4.69, 9.17) is 4.74 Å². The van der Waals surface area contributed by atoms with Gasteiger partial charge in [0.05, 0.1) is 19.8 Å². The molecule has 5 heteroatoms. The Morgan fingerprint density at radius 2 is 2.50 bits per heavy atom. The Morgan fingerprint density at radius 1 is 1.61 bits per heavy atom. The van der Waals surface area contributed by atoms with Crippen molar-refractivity contribution in [3.8, 4) is 0 Å². The minimum Gasteiger partial charge on any atom is -0.380 e. The maximum Gasteiger partial charge on any atom is 0.107 e. The molecule has 0 radical (unpaired) electrons. The molecule has 0 amide bonds. The number of aromatic nitrogens is 1. The zero-order valence-electron chi connectivity index (χ0n) is 11.1. The smallest absolute Gasteiger partial charge is 0.107 e. The summed E-state index contributed by atoms with van der Waals surface area (Å²) in [5.74, 6) is 0.694. The number of nitrogens with zero attached hydrogens (tertiary/aromatic N) is 3. The van der Waals surface area contributed by atoms with Crippen LogP contribution in [0.15, 0.2) is 11.6 Å². The third-order valence-electron chi connectivity index (χ3n) is 4.07. The molecule has 4 nitrogen and oxygen atoms in total. The fourth-order valence-electron chi connectivity index (χ4n) is 3.44. The lowest BCUT2D eigenvalue weighted by molar-refractivity contribution is 0.109. The molecule has 0 unspecified atom stereocenters. The van der Waals surface area contributed by atoms with Gasteiger partial charge in [0.25, 0.3) is 0 Å². The molecule has 0 aliphatic carbocycles. The number of hydrogen-bond donors (Lipinski definition) is 0. The topological polar surface area (TPSA) is 28.6 Å². The summed E-state index contributed by atoms with van der Waals surface area (Å²) in [6.07, 6.45) is 1.90. The molecule has 0 spiro atoms. The zero-order valence-corrected chi connectivity index (χ0v) is 11.9. The van der Waals surface area contributed by atoms with Crippen LogP contribution in [0.2, 0.25) is 0 Å². The first-order valence-electron chi connectivity index (χ1n) is 6.51. The number of likely N-dealkylation sites (tertiary alicyclic amines) is 1. The summed E-state index contributed by atoms with van der Waals surface area (Å²) in [6.45, 7) is 6.30. The van der Waals surface area contributed by atoms with Crippen molar-refractivity contribution >= 4 is 11.3 Å². The summed E-state index contributed by atoms with van der Waals surface area (Å²) in [6, 6.07) is 0. The molecule has 3 heterocycles. The summed E-state index contributed by atoms with van der Waals surface area (Å²) in [5, 5.41) is 3.29. The quantitative estimate of drug-likeness (QED) is 0.818. The van der Waals surface area contributed by atoms with E-state index in [0.29, 0.717) is 11.3 Å². The van der Waals surface area contributed by atoms with E-state index in [2.05, 4.69) is 34.3 Å². The van der Waals surface area contributed by atoms with Gasteiger partial charge in [-0.15, -0.1) is 11.3 Å². The molecular weight excluding hydrogens is 246 g/mol. The lowest BCUT2D eigenvalue weighted by Gasteiger charge is -2.30. The van der Waals surface area contributed by atoms with Gasteiger partial charge in [0.15, 0.2) is 0 Å². The normalized spacial score (nSPS) is 32.3. The number of thiazole rings is 1. The summed E-state index contributed by atoms with van der Waals surface area (Å²) < 4.78 is 5.73. The molecule has 2 aliphatic rings. The van der Waals surface area contributed by atoms with Gasteiger partial charge in [-0.25, -0.2) is 4.98 Å². The van der Waals surface area contributed by atoms with Crippen LogP contribution in [0.5, 0.6) is 0 Å². The molecule has 3 rings (SSSR count). The van der Waals surface area contributed by atoms with Gasteiger partial charge >= 0.3 is 0 Å². The van der Waals surface area contributed by atoms with Crippen molar-refractivity contribution in [1.82, 2.24) is 14.8 Å². The predicted molar refractivity (Wildman–Crippen MR) is 72.7 cm³/mol.